The number of benzene rings is 1. The van der Waals surface area contributed by atoms with E-state index in [1.54, 1.807) is 4.90 Å². The Balaban J connectivity index is 1.84. The van der Waals surface area contributed by atoms with Crippen molar-refractivity contribution in [3.05, 3.63) is 35.4 Å². The third-order valence-electron chi connectivity index (χ3n) is 4.30. The molecule has 1 saturated carbocycles. The highest BCUT2D eigenvalue weighted by Gasteiger charge is 2.17. The van der Waals surface area contributed by atoms with Crippen LogP contribution in [-0.4, -0.2) is 22.8 Å². The SMILES string of the molecule is CN(Cc1cccc(C(N)=S)c1)C(=O)CCC1CCCC1. The van der Waals surface area contributed by atoms with Crippen molar-refractivity contribution in [2.45, 2.75) is 45.1 Å². The van der Waals surface area contributed by atoms with Gasteiger partial charge in [0.1, 0.15) is 4.99 Å². The first kappa shape index (κ1) is 16.0. The van der Waals surface area contributed by atoms with Crippen LogP contribution < -0.4 is 5.73 Å². The van der Waals surface area contributed by atoms with Crippen molar-refractivity contribution < 1.29 is 4.79 Å². The van der Waals surface area contributed by atoms with E-state index in [1.165, 1.54) is 25.7 Å². The molecule has 1 amide bonds. The minimum Gasteiger partial charge on any atom is -0.389 e. The van der Waals surface area contributed by atoms with Crippen molar-refractivity contribution in [3.63, 3.8) is 0 Å². The van der Waals surface area contributed by atoms with Crippen LogP contribution in [0.2, 0.25) is 0 Å². The Morgan fingerprint density at radius 1 is 1.38 bits per heavy atom. The molecule has 0 aliphatic heterocycles. The summed E-state index contributed by atoms with van der Waals surface area (Å²) >= 11 is 4.99. The van der Waals surface area contributed by atoms with Gasteiger partial charge >= 0.3 is 0 Å². The zero-order valence-corrected chi connectivity index (χ0v) is 13.5. The number of thiocarbonyl (C=S) groups is 1. The largest absolute Gasteiger partial charge is 0.389 e. The van der Waals surface area contributed by atoms with E-state index in [-0.39, 0.29) is 5.91 Å². The van der Waals surface area contributed by atoms with Gasteiger partial charge in [-0.2, -0.15) is 0 Å². The summed E-state index contributed by atoms with van der Waals surface area (Å²) in [6.45, 7) is 0.611. The van der Waals surface area contributed by atoms with Crippen LogP contribution in [0.25, 0.3) is 0 Å². The van der Waals surface area contributed by atoms with Crippen LogP contribution in [0.1, 0.15) is 49.7 Å². The maximum absolute atomic E-state index is 12.2. The van der Waals surface area contributed by atoms with E-state index in [2.05, 4.69) is 0 Å². The van der Waals surface area contributed by atoms with Crippen LogP contribution in [0.15, 0.2) is 24.3 Å². The predicted molar refractivity (Wildman–Crippen MR) is 90.0 cm³/mol. The number of hydrogen-bond acceptors (Lipinski definition) is 2. The molecule has 0 radical (unpaired) electrons. The van der Waals surface area contributed by atoms with Crippen molar-refractivity contribution in [2.24, 2.45) is 11.7 Å². The summed E-state index contributed by atoms with van der Waals surface area (Å²) in [7, 11) is 1.87. The third kappa shape index (κ3) is 4.81. The lowest BCUT2D eigenvalue weighted by atomic mass is 10.0. The molecule has 0 aromatic heterocycles. The standard InChI is InChI=1S/C17H24N2OS/c1-19(16(20)10-9-13-5-2-3-6-13)12-14-7-4-8-15(11-14)17(18)21/h4,7-8,11,13H,2-3,5-6,9-10,12H2,1H3,(H2,18,21). The lowest BCUT2D eigenvalue weighted by molar-refractivity contribution is -0.130. The van der Waals surface area contributed by atoms with Crippen molar-refractivity contribution in [1.82, 2.24) is 4.90 Å². The highest BCUT2D eigenvalue weighted by molar-refractivity contribution is 7.80. The number of nitrogens with two attached hydrogens (primary N) is 1. The summed E-state index contributed by atoms with van der Waals surface area (Å²) in [5.41, 5.74) is 7.56. The van der Waals surface area contributed by atoms with E-state index in [0.717, 1.165) is 23.5 Å². The van der Waals surface area contributed by atoms with E-state index in [0.29, 0.717) is 18.0 Å². The molecule has 2 N–H and O–H groups in total. The molecule has 1 aliphatic carbocycles. The lowest BCUT2D eigenvalue weighted by Gasteiger charge is -2.19. The lowest BCUT2D eigenvalue weighted by Crippen LogP contribution is -2.26. The summed E-state index contributed by atoms with van der Waals surface area (Å²) < 4.78 is 0. The Hall–Kier alpha value is -1.42. The highest BCUT2D eigenvalue weighted by Crippen LogP contribution is 2.28. The Morgan fingerprint density at radius 2 is 2.10 bits per heavy atom. The minimum atomic E-state index is 0.225. The summed E-state index contributed by atoms with van der Waals surface area (Å²) in [6, 6.07) is 7.79. The molecular formula is C17H24N2OS. The van der Waals surface area contributed by atoms with Gasteiger partial charge in [0.2, 0.25) is 5.91 Å². The Bertz CT molecular complexity index is 509. The molecule has 1 aromatic rings. The van der Waals surface area contributed by atoms with Gasteiger partial charge < -0.3 is 10.6 Å². The Kier molecular flexibility index (Phi) is 5.74. The zero-order chi connectivity index (χ0) is 15.2. The van der Waals surface area contributed by atoms with Crippen LogP contribution in [0.5, 0.6) is 0 Å². The molecule has 0 heterocycles. The first-order valence-electron chi connectivity index (χ1n) is 7.69. The van der Waals surface area contributed by atoms with E-state index in [9.17, 15) is 4.79 Å². The Labute approximate surface area is 132 Å². The van der Waals surface area contributed by atoms with Gasteiger partial charge in [0.25, 0.3) is 0 Å². The second-order valence-electron chi connectivity index (χ2n) is 6.00. The third-order valence-corrected chi connectivity index (χ3v) is 4.53. The van der Waals surface area contributed by atoms with E-state index in [1.807, 2.05) is 31.3 Å². The van der Waals surface area contributed by atoms with E-state index >= 15 is 0 Å². The molecule has 21 heavy (non-hydrogen) atoms. The van der Waals surface area contributed by atoms with Gasteiger partial charge in [-0.25, -0.2) is 0 Å². The van der Waals surface area contributed by atoms with Crippen molar-refractivity contribution >= 4 is 23.1 Å². The number of carbonyl (C=O) groups excluding carboxylic acids is 1. The Morgan fingerprint density at radius 3 is 2.76 bits per heavy atom. The van der Waals surface area contributed by atoms with Gasteiger partial charge in [-0.3, -0.25) is 4.79 Å². The average Bonchev–Trinajstić information content (AvgIpc) is 2.98. The van der Waals surface area contributed by atoms with Crippen molar-refractivity contribution in [2.75, 3.05) is 7.05 Å². The molecule has 4 heteroatoms. The topological polar surface area (TPSA) is 46.3 Å². The van der Waals surface area contributed by atoms with Gasteiger partial charge in [0, 0.05) is 25.6 Å². The van der Waals surface area contributed by atoms with Gasteiger partial charge in [0.05, 0.1) is 0 Å². The number of carbonyl (C=O) groups is 1. The molecular weight excluding hydrogens is 280 g/mol. The van der Waals surface area contributed by atoms with Crippen LogP contribution in [0.4, 0.5) is 0 Å². The molecule has 0 bridgehead atoms. The van der Waals surface area contributed by atoms with Gasteiger partial charge in [0.15, 0.2) is 0 Å². The number of amides is 1. The second kappa shape index (κ2) is 7.55. The summed E-state index contributed by atoms with van der Waals surface area (Å²) in [4.78, 5) is 14.4. The normalized spacial score (nSPS) is 15.1. The van der Waals surface area contributed by atoms with Crippen molar-refractivity contribution in [1.29, 1.82) is 0 Å². The van der Waals surface area contributed by atoms with Gasteiger partial charge in [-0.15, -0.1) is 0 Å². The molecule has 1 aliphatic rings. The molecule has 1 fully saturated rings. The number of rotatable bonds is 6. The van der Waals surface area contributed by atoms with Gasteiger partial charge in [-0.05, 0) is 24.0 Å². The number of nitrogens with zero attached hydrogens (tertiary/aromatic N) is 1. The summed E-state index contributed by atoms with van der Waals surface area (Å²) in [5.74, 6) is 0.989. The molecule has 0 unspecified atom stereocenters. The fourth-order valence-electron chi connectivity index (χ4n) is 3.00. The minimum absolute atomic E-state index is 0.225. The molecule has 1 aromatic carbocycles. The monoisotopic (exact) mass is 304 g/mol. The molecule has 0 spiro atoms. The van der Waals surface area contributed by atoms with Crippen LogP contribution in [-0.2, 0) is 11.3 Å². The first-order valence-corrected chi connectivity index (χ1v) is 8.10. The fraction of sp³-hybridized carbons (Fsp3) is 0.529. The average molecular weight is 304 g/mol. The smallest absolute Gasteiger partial charge is 0.222 e. The summed E-state index contributed by atoms with van der Waals surface area (Å²) in [5, 5.41) is 0. The van der Waals surface area contributed by atoms with Crippen LogP contribution >= 0.6 is 12.2 Å². The molecule has 0 atom stereocenters. The summed E-state index contributed by atoms with van der Waals surface area (Å²) in [6.07, 6.45) is 6.97. The zero-order valence-electron chi connectivity index (χ0n) is 12.7. The van der Waals surface area contributed by atoms with Crippen LogP contribution in [0, 0.1) is 5.92 Å². The van der Waals surface area contributed by atoms with E-state index < -0.39 is 0 Å². The predicted octanol–water partition coefficient (Wildman–Crippen LogP) is 3.25. The van der Waals surface area contributed by atoms with Crippen molar-refractivity contribution in [3.8, 4) is 0 Å². The van der Waals surface area contributed by atoms with Crippen LogP contribution in [0.3, 0.4) is 0 Å². The van der Waals surface area contributed by atoms with Gasteiger partial charge in [-0.1, -0.05) is 56.1 Å². The molecule has 2 rings (SSSR count). The second-order valence-corrected chi connectivity index (χ2v) is 6.44. The molecule has 3 nitrogen and oxygen atoms in total. The first-order chi connectivity index (χ1) is 10.1. The fourth-order valence-corrected chi connectivity index (χ4v) is 3.13. The number of hydrogen-bond donors (Lipinski definition) is 1. The molecule has 0 saturated heterocycles. The van der Waals surface area contributed by atoms with E-state index in [4.69, 9.17) is 18.0 Å². The quantitative estimate of drug-likeness (QED) is 0.821. The molecule has 114 valence electrons. The maximum atomic E-state index is 12.2. The highest BCUT2D eigenvalue weighted by atomic mass is 32.1. The maximum Gasteiger partial charge on any atom is 0.222 e.